The van der Waals surface area contributed by atoms with E-state index in [4.69, 9.17) is 17.3 Å². The van der Waals surface area contributed by atoms with Crippen LogP contribution in [0.3, 0.4) is 0 Å². The van der Waals surface area contributed by atoms with Gasteiger partial charge in [-0.2, -0.15) is 11.8 Å². The van der Waals surface area contributed by atoms with E-state index in [1.807, 2.05) is 13.0 Å². The molecular formula is C12H16BrClN2OS. The summed E-state index contributed by atoms with van der Waals surface area (Å²) in [5.41, 5.74) is 6.27. The van der Waals surface area contributed by atoms with Crippen molar-refractivity contribution in [3.05, 3.63) is 27.7 Å². The normalized spacial score (nSPS) is 12.2. The Morgan fingerprint density at radius 2 is 2.33 bits per heavy atom. The summed E-state index contributed by atoms with van der Waals surface area (Å²) >= 11 is 10.9. The van der Waals surface area contributed by atoms with Crippen molar-refractivity contribution in [2.24, 2.45) is 5.73 Å². The average molecular weight is 352 g/mol. The molecule has 1 amide bonds. The van der Waals surface area contributed by atoms with Crippen molar-refractivity contribution in [1.29, 1.82) is 0 Å². The third kappa shape index (κ3) is 6.09. The van der Waals surface area contributed by atoms with E-state index in [0.29, 0.717) is 16.5 Å². The van der Waals surface area contributed by atoms with Crippen molar-refractivity contribution < 1.29 is 4.79 Å². The van der Waals surface area contributed by atoms with E-state index in [1.165, 1.54) is 0 Å². The molecule has 1 atom stereocenters. The van der Waals surface area contributed by atoms with Crippen LogP contribution in [0.5, 0.6) is 0 Å². The molecule has 0 saturated heterocycles. The fraction of sp³-hybridized carbons (Fsp3) is 0.417. The zero-order valence-corrected chi connectivity index (χ0v) is 13.2. The molecule has 1 unspecified atom stereocenters. The number of nitrogens with two attached hydrogens (primary N) is 1. The molecular weight excluding hydrogens is 336 g/mol. The fourth-order valence-electron chi connectivity index (χ4n) is 1.21. The highest BCUT2D eigenvalue weighted by Crippen LogP contribution is 2.25. The zero-order valence-electron chi connectivity index (χ0n) is 10.1. The summed E-state index contributed by atoms with van der Waals surface area (Å²) in [7, 11) is 0. The highest BCUT2D eigenvalue weighted by atomic mass is 79.9. The molecule has 3 nitrogen and oxygen atoms in total. The van der Waals surface area contributed by atoms with Crippen molar-refractivity contribution >= 4 is 50.9 Å². The summed E-state index contributed by atoms with van der Waals surface area (Å²) in [5, 5.41) is 3.31. The number of thioether (sulfide) groups is 1. The number of hydrogen-bond donors (Lipinski definition) is 2. The average Bonchev–Trinajstić information content (AvgIpc) is 2.28. The Balaban J connectivity index is 2.35. The van der Waals surface area contributed by atoms with Gasteiger partial charge in [0.2, 0.25) is 5.91 Å². The van der Waals surface area contributed by atoms with E-state index in [0.717, 1.165) is 16.6 Å². The largest absolute Gasteiger partial charge is 0.328 e. The minimum absolute atomic E-state index is 0.0473. The Kier molecular flexibility index (Phi) is 7.07. The van der Waals surface area contributed by atoms with Crippen LogP contribution in [0.1, 0.15) is 13.3 Å². The second kappa shape index (κ2) is 8.04. The van der Waals surface area contributed by atoms with Crippen molar-refractivity contribution in [1.82, 2.24) is 0 Å². The van der Waals surface area contributed by atoms with Gasteiger partial charge in [0, 0.05) is 10.5 Å². The van der Waals surface area contributed by atoms with Crippen LogP contribution in [0.25, 0.3) is 0 Å². The number of carbonyl (C=O) groups is 1. The smallest absolute Gasteiger partial charge is 0.234 e. The molecule has 1 aromatic rings. The monoisotopic (exact) mass is 350 g/mol. The molecule has 0 saturated carbocycles. The highest BCUT2D eigenvalue weighted by Gasteiger charge is 2.06. The molecule has 0 aliphatic rings. The van der Waals surface area contributed by atoms with Crippen molar-refractivity contribution in [2.45, 2.75) is 19.4 Å². The van der Waals surface area contributed by atoms with Gasteiger partial charge in [0.15, 0.2) is 0 Å². The van der Waals surface area contributed by atoms with Crippen LogP contribution < -0.4 is 11.1 Å². The van der Waals surface area contributed by atoms with Gasteiger partial charge in [0.05, 0.1) is 16.5 Å². The maximum absolute atomic E-state index is 11.7. The Morgan fingerprint density at radius 3 is 2.94 bits per heavy atom. The Hall–Kier alpha value is -0.230. The third-order valence-corrected chi connectivity index (χ3v) is 3.95. The summed E-state index contributed by atoms with van der Waals surface area (Å²) in [6.07, 6.45) is 0.914. The molecule has 3 N–H and O–H groups in total. The first-order chi connectivity index (χ1) is 8.49. The second-order valence-corrected chi connectivity index (χ2v) is 6.42. The lowest BCUT2D eigenvalue weighted by Gasteiger charge is -2.08. The standard InChI is InChI=1S/C12H16BrClN2OS/c1-8(15)4-5-18-7-12(17)16-11-3-2-9(13)6-10(11)14/h2-3,6,8H,4-5,7,15H2,1H3,(H,16,17). The van der Waals surface area contributed by atoms with Gasteiger partial charge < -0.3 is 11.1 Å². The molecule has 0 radical (unpaired) electrons. The molecule has 1 rings (SSSR count). The first-order valence-corrected chi connectivity index (χ1v) is 7.90. The maximum atomic E-state index is 11.7. The summed E-state index contributed by atoms with van der Waals surface area (Å²) in [5.74, 6) is 1.26. The molecule has 18 heavy (non-hydrogen) atoms. The van der Waals surface area contributed by atoms with Crippen LogP contribution in [-0.4, -0.2) is 23.5 Å². The van der Waals surface area contributed by atoms with Gasteiger partial charge in [-0.05, 0) is 37.3 Å². The molecule has 1 aromatic carbocycles. The number of benzene rings is 1. The Labute approximate surface area is 125 Å². The first-order valence-electron chi connectivity index (χ1n) is 5.57. The van der Waals surface area contributed by atoms with E-state index in [2.05, 4.69) is 21.2 Å². The summed E-state index contributed by atoms with van der Waals surface area (Å²) in [6, 6.07) is 5.55. The molecule has 0 aromatic heterocycles. The molecule has 0 fully saturated rings. The molecule has 0 aliphatic heterocycles. The van der Waals surface area contributed by atoms with Crippen LogP contribution in [0.4, 0.5) is 5.69 Å². The Bertz CT molecular complexity index is 415. The van der Waals surface area contributed by atoms with Crippen LogP contribution in [-0.2, 0) is 4.79 Å². The molecule has 6 heteroatoms. The predicted octanol–water partition coefficient (Wildman–Crippen LogP) is 3.51. The lowest BCUT2D eigenvalue weighted by molar-refractivity contribution is -0.113. The topological polar surface area (TPSA) is 55.1 Å². The number of hydrogen-bond acceptors (Lipinski definition) is 3. The van der Waals surface area contributed by atoms with E-state index >= 15 is 0 Å². The van der Waals surface area contributed by atoms with Crippen LogP contribution in [0.15, 0.2) is 22.7 Å². The summed E-state index contributed by atoms with van der Waals surface area (Å²) < 4.78 is 0.886. The van der Waals surface area contributed by atoms with Gasteiger partial charge in [-0.25, -0.2) is 0 Å². The zero-order chi connectivity index (χ0) is 13.5. The van der Waals surface area contributed by atoms with Gasteiger partial charge in [0.1, 0.15) is 0 Å². The SMILES string of the molecule is CC(N)CCSCC(=O)Nc1ccc(Br)cc1Cl. The summed E-state index contributed by atoms with van der Waals surface area (Å²) in [4.78, 5) is 11.7. The van der Waals surface area contributed by atoms with Gasteiger partial charge in [-0.3, -0.25) is 4.79 Å². The third-order valence-electron chi connectivity index (χ3n) is 2.16. The van der Waals surface area contributed by atoms with Crippen LogP contribution >= 0.6 is 39.3 Å². The molecule has 0 heterocycles. The molecule has 0 aliphatic carbocycles. The highest BCUT2D eigenvalue weighted by molar-refractivity contribution is 9.10. The molecule has 100 valence electrons. The van der Waals surface area contributed by atoms with Crippen molar-refractivity contribution in [3.8, 4) is 0 Å². The molecule has 0 spiro atoms. The number of amides is 1. The van der Waals surface area contributed by atoms with Gasteiger partial charge in [0.25, 0.3) is 0 Å². The van der Waals surface area contributed by atoms with Gasteiger partial charge in [-0.1, -0.05) is 27.5 Å². The summed E-state index contributed by atoms with van der Waals surface area (Å²) in [6.45, 7) is 1.96. The van der Waals surface area contributed by atoms with E-state index in [1.54, 1.807) is 23.9 Å². The van der Waals surface area contributed by atoms with Gasteiger partial charge in [-0.15, -0.1) is 0 Å². The van der Waals surface area contributed by atoms with E-state index in [-0.39, 0.29) is 11.9 Å². The van der Waals surface area contributed by atoms with Crippen LogP contribution in [0, 0.1) is 0 Å². The van der Waals surface area contributed by atoms with E-state index in [9.17, 15) is 4.79 Å². The predicted molar refractivity (Wildman–Crippen MR) is 83.4 cm³/mol. The number of anilines is 1. The number of nitrogens with one attached hydrogen (secondary N) is 1. The quantitative estimate of drug-likeness (QED) is 0.771. The minimum Gasteiger partial charge on any atom is -0.328 e. The number of carbonyl (C=O) groups excluding carboxylic acids is 1. The van der Waals surface area contributed by atoms with Crippen LogP contribution in [0.2, 0.25) is 5.02 Å². The Morgan fingerprint density at radius 1 is 1.61 bits per heavy atom. The maximum Gasteiger partial charge on any atom is 0.234 e. The van der Waals surface area contributed by atoms with E-state index < -0.39 is 0 Å². The first kappa shape index (κ1) is 15.8. The fourth-order valence-corrected chi connectivity index (χ4v) is 2.87. The lowest BCUT2D eigenvalue weighted by atomic mass is 10.3. The molecule has 0 bridgehead atoms. The lowest BCUT2D eigenvalue weighted by Crippen LogP contribution is -2.17. The second-order valence-electron chi connectivity index (χ2n) is 3.99. The number of rotatable bonds is 6. The number of halogens is 2. The minimum atomic E-state index is -0.0473. The van der Waals surface area contributed by atoms with Crippen molar-refractivity contribution in [3.63, 3.8) is 0 Å². The van der Waals surface area contributed by atoms with Crippen molar-refractivity contribution in [2.75, 3.05) is 16.8 Å². The van der Waals surface area contributed by atoms with Gasteiger partial charge >= 0.3 is 0 Å².